The summed E-state index contributed by atoms with van der Waals surface area (Å²) in [6.45, 7) is 0. The van der Waals surface area contributed by atoms with E-state index in [0.29, 0.717) is 17.8 Å². The summed E-state index contributed by atoms with van der Waals surface area (Å²) >= 11 is 0. The van der Waals surface area contributed by atoms with E-state index in [9.17, 15) is 15.0 Å². The first-order valence-electron chi connectivity index (χ1n) is 10.7. The Hall–Kier alpha value is -1.39. The molecule has 0 aliphatic heterocycles. The van der Waals surface area contributed by atoms with Crippen LogP contribution in [0.3, 0.4) is 0 Å². The highest BCUT2D eigenvalue weighted by Crippen LogP contribution is 2.53. The van der Waals surface area contributed by atoms with Crippen LogP contribution >= 0.6 is 0 Å². The van der Waals surface area contributed by atoms with Crippen LogP contribution in [-0.4, -0.2) is 33.5 Å². The number of carbonyl (C=O) groups is 1. The van der Waals surface area contributed by atoms with E-state index in [4.69, 9.17) is 5.11 Å². The van der Waals surface area contributed by atoms with E-state index < -0.39 is 5.97 Å². The van der Waals surface area contributed by atoms with Gasteiger partial charge in [0.1, 0.15) is 0 Å². The van der Waals surface area contributed by atoms with E-state index >= 15 is 0 Å². The topological polar surface area (TPSA) is 77.8 Å². The lowest BCUT2D eigenvalue weighted by Gasteiger charge is -2.28. The predicted molar refractivity (Wildman–Crippen MR) is 104 cm³/mol. The summed E-state index contributed by atoms with van der Waals surface area (Å²) in [5, 5.41) is 30.4. The summed E-state index contributed by atoms with van der Waals surface area (Å²) in [4.78, 5) is 11.0. The number of aliphatic carboxylic acids is 1. The van der Waals surface area contributed by atoms with E-state index in [0.717, 1.165) is 44.1 Å². The van der Waals surface area contributed by atoms with E-state index in [2.05, 4.69) is 12.1 Å². The van der Waals surface area contributed by atoms with Gasteiger partial charge in [0.05, 0.1) is 18.6 Å². The number of hydrogen-bond acceptors (Lipinski definition) is 3. The van der Waals surface area contributed by atoms with Crippen molar-refractivity contribution in [2.45, 2.75) is 82.3 Å². The Morgan fingerprint density at radius 1 is 1.19 bits per heavy atom. The van der Waals surface area contributed by atoms with Crippen molar-refractivity contribution in [2.24, 2.45) is 17.8 Å². The van der Waals surface area contributed by atoms with Gasteiger partial charge in [-0.05, 0) is 78.9 Å². The molecule has 148 valence electrons. The Labute approximate surface area is 161 Å². The number of carboxylic acids is 1. The van der Waals surface area contributed by atoms with E-state index in [1.54, 1.807) is 0 Å². The summed E-state index contributed by atoms with van der Waals surface area (Å²) < 4.78 is 0. The fourth-order valence-electron chi connectivity index (χ4n) is 6.08. The van der Waals surface area contributed by atoms with E-state index in [1.807, 2.05) is 6.07 Å². The average Bonchev–Trinajstić information content (AvgIpc) is 3.15. The summed E-state index contributed by atoms with van der Waals surface area (Å²) in [6, 6.07) is 6.08. The quantitative estimate of drug-likeness (QED) is 0.712. The minimum atomic E-state index is -0.800. The van der Waals surface area contributed by atoms with Gasteiger partial charge in [0.25, 0.3) is 0 Å². The minimum Gasteiger partial charge on any atom is -0.481 e. The molecule has 0 spiro atoms. The molecule has 2 fully saturated rings. The smallest absolute Gasteiger partial charge is 0.307 e. The van der Waals surface area contributed by atoms with E-state index in [1.165, 1.54) is 30.4 Å². The van der Waals surface area contributed by atoms with Crippen LogP contribution in [0.1, 0.15) is 74.0 Å². The molecule has 27 heavy (non-hydrogen) atoms. The van der Waals surface area contributed by atoms with Crippen molar-refractivity contribution in [3.8, 4) is 0 Å². The molecular formula is C23H32O4. The zero-order valence-electron chi connectivity index (χ0n) is 16.0. The molecule has 3 aliphatic carbocycles. The largest absolute Gasteiger partial charge is 0.481 e. The molecule has 4 nitrogen and oxygen atoms in total. The molecule has 0 unspecified atom stereocenters. The highest BCUT2D eigenvalue weighted by atomic mass is 16.4. The monoisotopic (exact) mass is 372 g/mol. The molecule has 2 saturated carbocycles. The van der Waals surface area contributed by atoms with Gasteiger partial charge in [-0.2, -0.15) is 0 Å². The van der Waals surface area contributed by atoms with Gasteiger partial charge < -0.3 is 15.3 Å². The number of rotatable bonds is 6. The van der Waals surface area contributed by atoms with Crippen molar-refractivity contribution in [3.63, 3.8) is 0 Å². The predicted octanol–water partition coefficient (Wildman–Crippen LogP) is 3.67. The molecule has 0 amide bonds. The molecule has 0 bridgehead atoms. The Bertz CT molecular complexity index is 679. The molecule has 0 aromatic heterocycles. The second-order valence-electron chi connectivity index (χ2n) is 9.09. The normalized spacial score (nSPS) is 31.5. The van der Waals surface area contributed by atoms with Gasteiger partial charge in [-0.3, -0.25) is 4.79 Å². The zero-order valence-corrected chi connectivity index (χ0v) is 16.0. The maximum atomic E-state index is 11.0. The van der Waals surface area contributed by atoms with Crippen LogP contribution in [0.25, 0.3) is 0 Å². The molecule has 4 heteroatoms. The van der Waals surface area contributed by atoms with E-state index in [-0.39, 0.29) is 24.5 Å². The van der Waals surface area contributed by atoms with Crippen LogP contribution in [0, 0.1) is 17.8 Å². The third-order valence-electron chi connectivity index (χ3n) is 7.47. The van der Waals surface area contributed by atoms with Crippen LogP contribution in [0.2, 0.25) is 0 Å². The van der Waals surface area contributed by atoms with Crippen molar-refractivity contribution in [2.75, 3.05) is 0 Å². The summed E-state index contributed by atoms with van der Waals surface area (Å²) in [5.74, 6) is 0.691. The van der Waals surface area contributed by atoms with Crippen molar-refractivity contribution in [3.05, 3.63) is 34.9 Å². The number of aliphatic hydroxyl groups is 2. The van der Waals surface area contributed by atoms with Gasteiger partial charge >= 0.3 is 5.97 Å². The lowest BCUT2D eigenvalue weighted by atomic mass is 9.80. The molecule has 3 N–H and O–H groups in total. The van der Waals surface area contributed by atoms with Gasteiger partial charge in [0, 0.05) is 0 Å². The molecule has 1 aromatic carbocycles. The van der Waals surface area contributed by atoms with Crippen LogP contribution in [0.4, 0.5) is 0 Å². The second kappa shape index (κ2) is 7.92. The van der Waals surface area contributed by atoms with Crippen LogP contribution in [-0.2, 0) is 17.6 Å². The van der Waals surface area contributed by atoms with Crippen molar-refractivity contribution in [1.29, 1.82) is 0 Å². The van der Waals surface area contributed by atoms with Crippen molar-refractivity contribution in [1.82, 2.24) is 0 Å². The summed E-state index contributed by atoms with van der Waals surface area (Å²) in [5.41, 5.74) is 3.43. The lowest BCUT2D eigenvalue weighted by Crippen LogP contribution is -2.26. The minimum absolute atomic E-state index is 0.0598. The van der Waals surface area contributed by atoms with Crippen LogP contribution < -0.4 is 0 Å². The molecule has 1 aromatic rings. The van der Waals surface area contributed by atoms with Crippen molar-refractivity contribution >= 4 is 5.97 Å². The molecule has 0 saturated heterocycles. The van der Waals surface area contributed by atoms with Crippen molar-refractivity contribution < 1.29 is 20.1 Å². The fourth-order valence-corrected chi connectivity index (χ4v) is 6.08. The second-order valence-corrected chi connectivity index (χ2v) is 9.09. The Morgan fingerprint density at radius 3 is 2.70 bits per heavy atom. The number of carboxylic acid groups (broad SMARTS) is 1. The Kier molecular flexibility index (Phi) is 5.56. The van der Waals surface area contributed by atoms with Gasteiger partial charge in [0.2, 0.25) is 0 Å². The first-order valence-corrected chi connectivity index (χ1v) is 10.7. The average molecular weight is 373 g/mol. The van der Waals surface area contributed by atoms with Gasteiger partial charge in [0.15, 0.2) is 0 Å². The molecule has 4 rings (SSSR count). The van der Waals surface area contributed by atoms with Gasteiger partial charge in [-0.25, -0.2) is 0 Å². The standard InChI is InChI=1S/C23H32O4/c24-21(15-4-2-1-3-5-15)9-8-17-19-12-16-7-6-14(11-23(26)27)10-18(16)20(19)13-22(17)25/h6-7,10,15,17,19-22,24-25H,1-5,8-9,11-13H2,(H,26,27)/t17-,19-,20-,21-,22-/m1/s1. The zero-order chi connectivity index (χ0) is 19.0. The fraction of sp³-hybridized carbons (Fsp3) is 0.696. The van der Waals surface area contributed by atoms with Crippen LogP contribution in [0.5, 0.6) is 0 Å². The Morgan fingerprint density at radius 2 is 1.96 bits per heavy atom. The molecule has 3 aliphatic rings. The first kappa shape index (κ1) is 18.9. The number of benzene rings is 1. The molecular weight excluding hydrogens is 340 g/mol. The summed E-state index contributed by atoms with van der Waals surface area (Å²) in [6.07, 6.45) is 9.09. The number of hydrogen-bond donors (Lipinski definition) is 3. The maximum absolute atomic E-state index is 11.0. The third kappa shape index (κ3) is 3.93. The summed E-state index contributed by atoms with van der Waals surface area (Å²) in [7, 11) is 0. The first-order chi connectivity index (χ1) is 13.0. The molecule has 0 radical (unpaired) electrons. The lowest BCUT2D eigenvalue weighted by molar-refractivity contribution is -0.136. The van der Waals surface area contributed by atoms with Crippen LogP contribution in [0.15, 0.2) is 18.2 Å². The number of fused-ring (bicyclic) bond motifs is 3. The third-order valence-corrected chi connectivity index (χ3v) is 7.47. The highest BCUT2D eigenvalue weighted by molar-refractivity contribution is 5.70. The highest BCUT2D eigenvalue weighted by Gasteiger charge is 2.47. The molecule has 5 atom stereocenters. The van der Waals surface area contributed by atoms with Gasteiger partial charge in [-0.15, -0.1) is 0 Å². The SMILES string of the molecule is O=C(O)Cc1ccc2c(c1)[C@H]1C[C@@H](O)[C@H](CC[C@@H](O)C3CCCCC3)[C@H]1C2. The number of aliphatic hydroxyl groups excluding tert-OH is 2. The molecule has 0 heterocycles. The van der Waals surface area contributed by atoms with Gasteiger partial charge in [-0.1, -0.05) is 37.5 Å². The Balaban J connectivity index is 1.40. The maximum Gasteiger partial charge on any atom is 0.307 e.